The van der Waals surface area contributed by atoms with Gasteiger partial charge >= 0.3 is 10.2 Å². The van der Waals surface area contributed by atoms with Crippen molar-refractivity contribution >= 4 is 33.6 Å². The molecule has 1 aromatic carbocycles. The summed E-state index contributed by atoms with van der Waals surface area (Å²) in [5.41, 5.74) is -0.173. The van der Waals surface area contributed by atoms with Gasteiger partial charge in [-0.05, 0) is 24.3 Å². The van der Waals surface area contributed by atoms with Crippen LogP contribution in [0.5, 0.6) is 0 Å². The first-order valence-corrected chi connectivity index (χ1v) is 10.7. The molecular formula is C17H22FN3O4S2. The third kappa shape index (κ3) is 5.98. The van der Waals surface area contributed by atoms with Crippen molar-refractivity contribution in [2.75, 3.05) is 37.2 Å². The number of nitrogens with zero attached hydrogens (tertiary/aromatic N) is 2. The van der Waals surface area contributed by atoms with Crippen LogP contribution in [0.25, 0.3) is 0 Å². The fourth-order valence-electron chi connectivity index (χ4n) is 2.16. The molecule has 0 fully saturated rings. The molecule has 0 saturated heterocycles. The van der Waals surface area contributed by atoms with E-state index in [1.807, 2.05) is 6.07 Å². The van der Waals surface area contributed by atoms with Gasteiger partial charge in [0, 0.05) is 26.4 Å². The zero-order valence-corrected chi connectivity index (χ0v) is 16.7. The second-order valence-corrected chi connectivity index (χ2v) is 8.90. The minimum absolute atomic E-state index is 0.173. The molecule has 0 unspecified atom stereocenters. The lowest BCUT2D eigenvalue weighted by Gasteiger charge is -2.27. The standard InChI is InChI=1S/C17H22FN3O4S2/c1-20(2)27(23,24)21(16-8-4-3-7-15(16)18)12-17(22)19-9-11-26-13-14-6-5-10-25-14/h3-8,10H,9,11-13H2,1-2H3,(H,19,22). The van der Waals surface area contributed by atoms with E-state index in [1.165, 1.54) is 32.3 Å². The van der Waals surface area contributed by atoms with Crippen molar-refractivity contribution in [3.63, 3.8) is 0 Å². The third-order valence-corrected chi connectivity index (χ3v) is 6.33. The van der Waals surface area contributed by atoms with Gasteiger partial charge in [-0.2, -0.15) is 24.5 Å². The van der Waals surface area contributed by atoms with Gasteiger partial charge < -0.3 is 9.73 Å². The summed E-state index contributed by atoms with van der Waals surface area (Å²) < 4.78 is 46.0. The van der Waals surface area contributed by atoms with Gasteiger partial charge in [0.2, 0.25) is 5.91 Å². The minimum atomic E-state index is -4.03. The number of carbonyl (C=O) groups is 1. The van der Waals surface area contributed by atoms with Crippen molar-refractivity contribution in [2.24, 2.45) is 0 Å². The highest BCUT2D eigenvalue weighted by molar-refractivity contribution is 7.98. The summed E-state index contributed by atoms with van der Waals surface area (Å²) in [7, 11) is -1.37. The number of rotatable bonds is 10. The molecule has 10 heteroatoms. The number of furan rings is 1. The van der Waals surface area contributed by atoms with Crippen LogP contribution in [0.2, 0.25) is 0 Å². The van der Waals surface area contributed by atoms with Crippen molar-refractivity contribution in [1.29, 1.82) is 0 Å². The van der Waals surface area contributed by atoms with Crippen molar-refractivity contribution in [1.82, 2.24) is 9.62 Å². The van der Waals surface area contributed by atoms with E-state index >= 15 is 0 Å². The third-order valence-electron chi connectivity index (χ3n) is 3.54. The number of hydrogen-bond acceptors (Lipinski definition) is 5. The van der Waals surface area contributed by atoms with E-state index in [2.05, 4.69) is 5.32 Å². The molecule has 1 heterocycles. The molecule has 1 amide bonds. The summed E-state index contributed by atoms with van der Waals surface area (Å²) in [6.45, 7) is -0.151. The Morgan fingerprint density at radius 1 is 1.22 bits per heavy atom. The van der Waals surface area contributed by atoms with Crippen LogP contribution in [-0.2, 0) is 20.8 Å². The maximum absolute atomic E-state index is 14.1. The topological polar surface area (TPSA) is 82.9 Å². The van der Waals surface area contributed by atoms with E-state index in [9.17, 15) is 17.6 Å². The molecule has 0 saturated carbocycles. The predicted octanol–water partition coefficient (Wildman–Crippen LogP) is 2.08. The highest BCUT2D eigenvalue weighted by Gasteiger charge is 2.29. The van der Waals surface area contributed by atoms with Crippen molar-refractivity contribution in [2.45, 2.75) is 5.75 Å². The summed E-state index contributed by atoms with van der Waals surface area (Å²) in [6.07, 6.45) is 1.60. The van der Waals surface area contributed by atoms with Crippen LogP contribution in [0.3, 0.4) is 0 Å². The molecule has 0 radical (unpaired) electrons. The summed E-state index contributed by atoms with van der Waals surface area (Å²) in [6, 6.07) is 9.11. The molecule has 0 aliphatic heterocycles. The zero-order valence-electron chi connectivity index (χ0n) is 15.1. The minimum Gasteiger partial charge on any atom is -0.468 e. The van der Waals surface area contributed by atoms with E-state index in [0.717, 1.165) is 20.4 Å². The summed E-state index contributed by atoms with van der Waals surface area (Å²) in [5.74, 6) is 0.923. The van der Waals surface area contributed by atoms with Gasteiger partial charge in [-0.15, -0.1) is 0 Å². The molecule has 0 aliphatic rings. The van der Waals surface area contributed by atoms with Crippen LogP contribution in [-0.4, -0.2) is 51.6 Å². The zero-order chi connectivity index (χ0) is 19.9. The molecule has 0 aliphatic carbocycles. The van der Waals surface area contributed by atoms with Crippen molar-refractivity contribution < 1.29 is 22.0 Å². The monoisotopic (exact) mass is 415 g/mol. The Balaban J connectivity index is 1.94. The highest BCUT2D eigenvalue weighted by Crippen LogP contribution is 2.22. The fourth-order valence-corrected chi connectivity index (χ4v) is 3.99. The molecule has 7 nitrogen and oxygen atoms in total. The van der Waals surface area contributed by atoms with Gasteiger partial charge in [-0.1, -0.05) is 12.1 Å². The van der Waals surface area contributed by atoms with Gasteiger partial charge in [-0.25, -0.2) is 8.70 Å². The van der Waals surface area contributed by atoms with E-state index in [1.54, 1.807) is 24.1 Å². The number of halogens is 1. The number of amides is 1. The highest BCUT2D eigenvalue weighted by atomic mass is 32.2. The number of para-hydroxylation sites is 1. The molecule has 27 heavy (non-hydrogen) atoms. The summed E-state index contributed by atoms with van der Waals surface area (Å²) in [4.78, 5) is 12.2. The molecule has 2 aromatic rings. The average Bonchev–Trinajstić information content (AvgIpc) is 3.13. The molecule has 0 bridgehead atoms. The lowest BCUT2D eigenvalue weighted by molar-refractivity contribution is -0.119. The second-order valence-electron chi connectivity index (χ2n) is 5.73. The Kier molecular flexibility index (Phi) is 7.69. The van der Waals surface area contributed by atoms with Gasteiger partial charge in [0.25, 0.3) is 0 Å². The Bertz CT molecular complexity index is 842. The van der Waals surface area contributed by atoms with Crippen LogP contribution < -0.4 is 9.62 Å². The molecule has 148 valence electrons. The normalized spacial score (nSPS) is 11.6. The molecule has 2 rings (SSSR count). The number of carbonyl (C=O) groups excluding carboxylic acids is 1. The van der Waals surface area contributed by atoms with Crippen molar-refractivity contribution in [3.8, 4) is 0 Å². The molecule has 0 atom stereocenters. The number of thioether (sulfide) groups is 1. The van der Waals surface area contributed by atoms with Crippen LogP contribution in [0.15, 0.2) is 47.1 Å². The van der Waals surface area contributed by atoms with Crippen LogP contribution in [0.1, 0.15) is 5.76 Å². The number of nitrogens with one attached hydrogen (secondary N) is 1. The first kappa shape index (κ1) is 21.3. The Morgan fingerprint density at radius 2 is 1.96 bits per heavy atom. The molecule has 1 aromatic heterocycles. The Labute approximate surface area is 162 Å². The summed E-state index contributed by atoms with van der Waals surface area (Å²) >= 11 is 1.57. The van der Waals surface area contributed by atoms with Crippen molar-refractivity contribution in [3.05, 3.63) is 54.2 Å². The average molecular weight is 416 g/mol. The summed E-state index contributed by atoms with van der Waals surface area (Å²) in [5, 5.41) is 2.66. The number of anilines is 1. The molecule has 0 spiro atoms. The second kappa shape index (κ2) is 9.77. The smallest absolute Gasteiger partial charge is 0.304 e. The number of benzene rings is 1. The van der Waals surface area contributed by atoms with Crippen LogP contribution in [0.4, 0.5) is 10.1 Å². The predicted molar refractivity (Wildman–Crippen MR) is 104 cm³/mol. The Morgan fingerprint density at radius 3 is 2.59 bits per heavy atom. The van der Waals surface area contributed by atoms with E-state index in [0.29, 0.717) is 18.1 Å². The van der Waals surface area contributed by atoms with Gasteiger partial charge in [-0.3, -0.25) is 4.79 Å². The molecular weight excluding hydrogens is 393 g/mol. The van der Waals surface area contributed by atoms with E-state index < -0.39 is 28.5 Å². The van der Waals surface area contributed by atoms with Crippen LogP contribution in [0, 0.1) is 5.82 Å². The first-order valence-electron chi connectivity index (χ1n) is 8.14. The molecule has 1 N–H and O–H groups in total. The first-order chi connectivity index (χ1) is 12.8. The Hall–Kier alpha value is -2.04. The number of hydrogen-bond donors (Lipinski definition) is 1. The maximum Gasteiger partial charge on any atom is 0.304 e. The lowest BCUT2D eigenvalue weighted by Crippen LogP contribution is -2.46. The largest absolute Gasteiger partial charge is 0.468 e. The van der Waals surface area contributed by atoms with Crippen LogP contribution >= 0.6 is 11.8 Å². The SMILES string of the molecule is CN(C)S(=O)(=O)N(CC(=O)NCCSCc1ccco1)c1ccccc1F. The lowest BCUT2D eigenvalue weighted by atomic mass is 10.3. The maximum atomic E-state index is 14.1. The van der Waals surface area contributed by atoms with Gasteiger partial charge in [0.1, 0.15) is 18.1 Å². The van der Waals surface area contributed by atoms with E-state index in [-0.39, 0.29) is 5.69 Å². The van der Waals surface area contributed by atoms with E-state index in [4.69, 9.17) is 4.42 Å². The quantitative estimate of drug-likeness (QED) is 0.601. The fraction of sp³-hybridized carbons (Fsp3) is 0.353. The van der Waals surface area contributed by atoms with Gasteiger partial charge in [0.15, 0.2) is 0 Å². The van der Waals surface area contributed by atoms with Gasteiger partial charge in [0.05, 0.1) is 17.7 Å².